The van der Waals surface area contributed by atoms with E-state index >= 15 is 0 Å². The standard InChI is InChI=1S/2C6H5NO3.4H2O.O.V/c2*8-4-2-1-3-7-5(4)6(9)10;;;;;;/h2*1-3,8H,(H,9,10);4*1H2;;/q;;;;;;;+1/p-2. The van der Waals surface area contributed by atoms with Crippen molar-refractivity contribution in [1.82, 2.24) is 9.97 Å². The predicted molar refractivity (Wildman–Crippen MR) is 74.5 cm³/mol. The number of rotatable bonds is 2. The second kappa shape index (κ2) is 16.9. The van der Waals surface area contributed by atoms with Gasteiger partial charge < -0.3 is 46.4 Å². The van der Waals surface area contributed by atoms with E-state index in [1.807, 2.05) is 0 Å². The summed E-state index contributed by atoms with van der Waals surface area (Å²) < 4.78 is 14.4. The van der Waals surface area contributed by atoms with E-state index in [1.54, 1.807) is 0 Å². The van der Waals surface area contributed by atoms with Crippen molar-refractivity contribution in [3.8, 4) is 11.5 Å². The molecule has 0 unspecified atom stereocenters. The monoisotopic (exact) mass is 415 g/mol. The van der Waals surface area contributed by atoms with Crippen LogP contribution in [0.4, 0.5) is 0 Å². The number of carbonyl (C=O) groups excluding carboxylic acids is 2. The molecule has 0 aromatic carbocycles. The Morgan fingerprint density at radius 1 is 1.00 bits per heavy atom. The number of carboxylic acids is 2. The Morgan fingerprint density at radius 3 is 1.65 bits per heavy atom. The Morgan fingerprint density at radius 2 is 1.38 bits per heavy atom. The first-order chi connectivity index (χ1) is 10.8. The second-order valence-corrected chi connectivity index (χ2v) is 3.67. The molecule has 0 saturated heterocycles. The fourth-order valence-corrected chi connectivity index (χ4v) is 1.10. The van der Waals surface area contributed by atoms with E-state index in [2.05, 4.69) is 9.97 Å². The topological polar surface area (TPSA) is 284 Å². The summed E-state index contributed by atoms with van der Waals surface area (Å²) in [5.41, 5.74) is -0.968. The molecule has 26 heavy (non-hydrogen) atoms. The third-order valence-corrected chi connectivity index (χ3v) is 1.94. The van der Waals surface area contributed by atoms with Crippen LogP contribution in [0.15, 0.2) is 36.7 Å². The van der Waals surface area contributed by atoms with Crippen LogP contribution in [0.5, 0.6) is 11.5 Å². The first kappa shape index (κ1) is 30.9. The Kier molecular flexibility index (Phi) is 20.1. The van der Waals surface area contributed by atoms with Crippen molar-refractivity contribution in [3.05, 3.63) is 48.0 Å². The van der Waals surface area contributed by atoms with Gasteiger partial charge in [0.15, 0.2) is 0 Å². The van der Waals surface area contributed by atoms with Crippen LogP contribution in [0.1, 0.15) is 22.4 Å². The molecule has 9 N–H and O–H groups in total. The Balaban J connectivity index is -0.0000000924. The van der Waals surface area contributed by atoms with Gasteiger partial charge in [-0.25, -0.2) is 0 Å². The van der Waals surface area contributed by atoms with Crippen molar-refractivity contribution < 1.29 is 72.2 Å². The van der Waals surface area contributed by atoms with Gasteiger partial charge in [0.1, 0.15) is 11.4 Å². The zero-order chi connectivity index (χ0) is 17.8. The Labute approximate surface area is 154 Å². The molecular weight excluding hydrogens is 399 g/mol. The van der Waals surface area contributed by atoms with Crippen LogP contribution in [-0.2, 0) is 20.3 Å². The predicted octanol–water partition coefficient (Wildman–Crippen LogP) is -5.64. The third kappa shape index (κ3) is 11.6. The van der Waals surface area contributed by atoms with Gasteiger partial charge >= 0.3 is 25.7 Å². The number of carbonyl (C=O) groups is 2. The van der Waals surface area contributed by atoms with E-state index in [9.17, 15) is 24.9 Å². The van der Waals surface area contributed by atoms with Crippen LogP contribution in [-0.4, -0.2) is 47.5 Å². The van der Waals surface area contributed by atoms with Crippen molar-refractivity contribution in [2.75, 3.05) is 0 Å². The van der Waals surface area contributed by atoms with E-state index in [0.717, 1.165) is 6.07 Å². The van der Waals surface area contributed by atoms with Crippen LogP contribution in [0.3, 0.4) is 0 Å². The van der Waals surface area contributed by atoms with Gasteiger partial charge in [0.05, 0.1) is 17.6 Å². The Hall–Kier alpha value is -2.94. The van der Waals surface area contributed by atoms with Gasteiger partial charge in [-0.1, -0.05) is 11.8 Å². The van der Waals surface area contributed by atoms with Crippen molar-refractivity contribution >= 4 is 11.9 Å². The molecule has 2 heterocycles. The number of pyridine rings is 2. The number of hydrogen-bond donors (Lipinski definition) is 1. The van der Waals surface area contributed by atoms with Crippen molar-refractivity contribution in [2.24, 2.45) is 0 Å². The first-order valence-electron chi connectivity index (χ1n) is 5.52. The van der Waals surface area contributed by atoms with Gasteiger partial charge in [-0.05, 0) is 18.2 Å². The summed E-state index contributed by atoms with van der Waals surface area (Å²) in [6, 6.07) is 5.16. The molecule has 0 aliphatic rings. The quantitative estimate of drug-likeness (QED) is 0.456. The summed E-state index contributed by atoms with van der Waals surface area (Å²) >= 11 is -1.31. The molecule has 0 amide bonds. The average Bonchev–Trinajstić information content (AvgIpc) is 2.49. The summed E-state index contributed by atoms with van der Waals surface area (Å²) in [6.45, 7) is 0. The molecule has 0 atom stereocenters. The van der Waals surface area contributed by atoms with Gasteiger partial charge in [0, 0.05) is 12.4 Å². The van der Waals surface area contributed by atoms with Crippen molar-refractivity contribution in [1.29, 1.82) is 0 Å². The molecule has 146 valence electrons. The third-order valence-electron chi connectivity index (χ3n) is 1.94. The minimum absolute atomic E-state index is 0. The van der Waals surface area contributed by atoms with E-state index in [0.29, 0.717) is 0 Å². The average molecular weight is 415 g/mol. The molecule has 0 spiro atoms. The maximum atomic E-state index is 10.6. The number of hydrogen-bond acceptors (Lipinski definition) is 9. The van der Waals surface area contributed by atoms with Crippen LogP contribution in [0, 0.1) is 0 Å². The molecule has 14 heteroatoms. The van der Waals surface area contributed by atoms with Crippen molar-refractivity contribution in [2.45, 2.75) is 0 Å². The van der Waals surface area contributed by atoms with E-state index in [4.69, 9.17) is 12.8 Å². The molecule has 2 aromatic heterocycles. The Bertz CT molecular complexity index is 634. The zero-order valence-electron chi connectivity index (χ0n) is 13.7. The van der Waals surface area contributed by atoms with E-state index in [-0.39, 0.29) is 23.6 Å². The van der Waals surface area contributed by atoms with Gasteiger partial charge in [0.2, 0.25) is 0 Å². The number of nitrogens with zero attached hydrogens (tertiary/aromatic N) is 2. The van der Waals surface area contributed by atoms with Gasteiger partial charge in [-0.3, -0.25) is 9.97 Å². The normalized spacial score (nSPS) is 7.58. The van der Waals surface area contributed by atoms with Crippen LogP contribution in [0.2, 0.25) is 0 Å². The molecular formula is C12H16N2O11V-. The second-order valence-electron chi connectivity index (χ2n) is 3.39. The van der Waals surface area contributed by atoms with Crippen LogP contribution in [0.25, 0.3) is 0 Å². The number of aromatic carboxylic acids is 2. The minimum atomic E-state index is -1.54. The summed E-state index contributed by atoms with van der Waals surface area (Å²) in [7, 11) is 0. The van der Waals surface area contributed by atoms with Gasteiger partial charge in [-0.2, -0.15) is 0 Å². The fourth-order valence-electron chi connectivity index (χ4n) is 1.10. The van der Waals surface area contributed by atoms with E-state index < -0.39 is 45.7 Å². The number of carboxylic acid groups (broad SMARTS) is 2. The summed E-state index contributed by atoms with van der Waals surface area (Å²) in [4.78, 5) is 26.8. The van der Waals surface area contributed by atoms with Crippen LogP contribution >= 0.6 is 0 Å². The first-order valence-corrected chi connectivity index (χ1v) is 6.79. The number of aromatic hydroxyl groups is 1. The molecule has 0 radical (unpaired) electrons. The molecule has 13 nitrogen and oxygen atoms in total. The molecule has 0 fully saturated rings. The zero-order valence-corrected chi connectivity index (χ0v) is 14.1. The van der Waals surface area contributed by atoms with E-state index in [1.165, 1.54) is 30.6 Å². The molecule has 0 saturated carbocycles. The maximum absolute atomic E-state index is 10.6. The number of aromatic nitrogens is 2. The fraction of sp³-hybridized carbons (Fsp3) is 0. The van der Waals surface area contributed by atoms with Crippen molar-refractivity contribution in [3.63, 3.8) is 0 Å². The molecule has 2 aromatic rings. The SMILES string of the molecule is O.O.O.O=C([O-])c1ncccc1O.O=C([O-])c1ncccc1[O-].[H+].[O]=[V][OH2+]. The molecule has 2 rings (SSSR count). The van der Waals surface area contributed by atoms with Gasteiger partial charge in [-0.15, -0.1) is 0 Å². The molecule has 0 aliphatic carbocycles. The summed E-state index contributed by atoms with van der Waals surface area (Å²) in [6.07, 6.45) is 2.50. The van der Waals surface area contributed by atoms with Crippen LogP contribution < -0.4 is 15.3 Å². The molecule has 0 bridgehead atoms. The summed E-state index contributed by atoms with van der Waals surface area (Å²) in [5, 5.41) is 39.5. The van der Waals surface area contributed by atoms with Gasteiger partial charge in [0.25, 0.3) is 0 Å². The summed E-state index contributed by atoms with van der Waals surface area (Å²) in [5.74, 6) is -4.01. The molecule has 0 aliphatic heterocycles.